The fourth-order valence-electron chi connectivity index (χ4n) is 2.08. The van der Waals surface area contributed by atoms with Crippen LogP contribution in [0.4, 0.5) is 0 Å². The van der Waals surface area contributed by atoms with E-state index in [9.17, 15) is 5.11 Å². The Morgan fingerprint density at radius 3 is 1.69 bits per heavy atom. The minimum absolute atomic E-state index is 0.531. The minimum atomic E-state index is -0.531. The Morgan fingerprint density at radius 1 is 1.08 bits per heavy atom. The molecule has 0 amide bonds. The van der Waals surface area contributed by atoms with Gasteiger partial charge in [0.1, 0.15) is 0 Å². The Bertz CT molecular complexity index is 122. The lowest BCUT2D eigenvalue weighted by atomic mass is 9.83. The van der Waals surface area contributed by atoms with E-state index in [1.165, 1.54) is 0 Å². The Morgan fingerprint density at radius 2 is 1.46 bits per heavy atom. The van der Waals surface area contributed by atoms with Crippen molar-refractivity contribution in [3.63, 3.8) is 0 Å². The molecule has 0 aromatic rings. The first kappa shape index (κ1) is 12.9. The van der Waals surface area contributed by atoms with E-state index < -0.39 is 5.60 Å². The molecule has 2 heteroatoms. The molecule has 0 rings (SSSR count). The molecule has 0 aliphatic carbocycles. The van der Waals surface area contributed by atoms with Crippen molar-refractivity contribution in [2.24, 2.45) is 17.6 Å². The lowest BCUT2D eigenvalue weighted by Gasteiger charge is -2.31. The molecule has 0 saturated heterocycles. The van der Waals surface area contributed by atoms with Crippen LogP contribution in [0.15, 0.2) is 0 Å². The molecular weight excluding hydrogens is 162 g/mol. The Kier molecular flexibility index (Phi) is 5.57. The normalized spacial score (nSPS) is 12.9. The Balaban J connectivity index is 4.15. The van der Waals surface area contributed by atoms with Crippen LogP contribution in [0.1, 0.15) is 47.0 Å². The number of hydrogen-bond acceptors (Lipinski definition) is 2. The van der Waals surface area contributed by atoms with Crippen LogP contribution in [0, 0.1) is 11.8 Å². The summed E-state index contributed by atoms with van der Waals surface area (Å²) in [6.45, 7) is 9.14. The van der Waals surface area contributed by atoms with E-state index in [4.69, 9.17) is 5.73 Å². The largest absolute Gasteiger partial charge is 0.390 e. The molecule has 80 valence electrons. The number of hydrogen-bond donors (Lipinski definition) is 2. The molecule has 3 N–H and O–H groups in total. The zero-order chi connectivity index (χ0) is 10.5. The zero-order valence-electron chi connectivity index (χ0n) is 9.51. The van der Waals surface area contributed by atoms with Crippen molar-refractivity contribution in [3.8, 4) is 0 Å². The van der Waals surface area contributed by atoms with Gasteiger partial charge in [-0.25, -0.2) is 0 Å². The van der Waals surface area contributed by atoms with Gasteiger partial charge in [0.15, 0.2) is 0 Å². The lowest BCUT2D eigenvalue weighted by molar-refractivity contribution is -0.00508. The zero-order valence-corrected chi connectivity index (χ0v) is 9.51. The molecule has 0 aromatic heterocycles. The van der Waals surface area contributed by atoms with Crippen LogP contribution < -0.4 is 5.73 Å². The number of aliphatic hydroxyl groups is 1. The van der Waals surface area contributed by atoms with E-state index in [0.717, 1.165) is 19.3 Å². The van der Waals surface area contributed by atoms with E-state index in [1.807, 2.05) is 0 Å². The van der Waals surface area contributed by atoms with Crippen molar-refractivity contribution >= 4 is 0 Å². The second-order valence-electron chi connectivity index (χ2n) is 4.96. The predicted molar refractivity (Wildman–Crippen MR) is 57.5 cm³/mol. The van der Waals surface area contributed by atoms with Gasteiger partial charge in [0.05, 0.1) is 5.60 Å². The van der Waals surface area contributed by atoms with Gasteiger partial charge in [-0.15, -0.1) is 0 Å². The summed E-state index contributed by atoms with van der Waals surface area (Å²) in [6, 6.07) is 0. The molecule has 0 bridgehead atoms. The second kappa shape index (κ2) is 5.61. The van der Waals surface area contributed by atoms with Gasteiger partial charge in [-0.2, -0.15) is 0 Å². The molecule has 0 heterocycles. The fraction of sp³-hybridized carbons (Fsp3) is 1.00. The third kappa shape index (κ3) is 6.05. The Hall–Kier alpha value is -0.0800. The van der Waals surface area contributed by atoms with Crippen molar-refractivity contribution in [2.75, 3.05) is 6.54 Å². The first-order valence-electron chi connectivity index (χ1n) is 5.32. The fourth-order valence-corrected chi connectivity index (χ4v) is 2.08. The highest BCUT2D eigenvalue weighted by atomic mass is 16.3. The molecule has 0 fully saturated rings. The van der Waals surface area contributed by atoms with Gasteiger partial charge in [-0.3, -0.25) is 0 Å². The lowest BCUT2D eigenvalue weighted by Crippen LogP contribution is -2.34. The van der Waals surface area contributed by atoms with Crippen LogP contribution in [0.2, 0.25) is 0 Å². The highest BCUT2D eigenvalue weighted by Crippen LogP contribution is 2.27. The van der Waals surface area contributed by atoms with Gasteiger partial charge in [0.25, 0.3) is 0 Å². The minimum Gasteiger partial charge on any atom is -0.390 e. The number of nitrogens with two attached hydrogens (primary N) is 1. The van der Waals surface area contributed by atoms with Crippen LogP contribution >= 0.6 is 0 Å². The smallest absolute Gasteiger partial charge is 0.0664 e. The third-order valence-electron chi connectivity index (χ3n) is 2.19. The number of rotatable bonds is 6. The summed E-state index contributed by atoms with van der Waals surface area (Å²) in [7, 11) is 0. The maximum atomic E-state index is 10.3. The van der Waals surface area contributed by atoms with Crippen molar-refractivity contribution in [2.45, 2.75) is 52.6 Å². The van der Waals surface area contributed by atoms with Gasteiger partial charge in [-0.1, -0.05) is 27.7 Å². The average molecular weight is 187 g/mol. The van der Waals surface area contributed by atoms with Crippen molar-refractivity contribution in [3.05, 3.63) is 0 Å². The highest BCUT2D eigenvalue weighted by Gasteiger charge is 2.27. The van der Waals surface area contributed by atoms with Crippen molar-refractivity contribution in [1.82, 2.24) is 0 Å². The molecule has 0 aliphatic rings. The van der Waals surface area contributed by atoms with Crippen molar-refractivity contribution < 1.29 is 5.11 Å². The molecule has 0 radical (unpaired) electrons. The second-order valence-corrected chi connectivity index (χ2v) is 4.96. The summed E-state index contributed by atoms with van der Waals surface area (Å²) in [5.41, 5.74) is 4.98. The maximum absolute atomic E-state index is 10.3. The van der Waals surface area contributed by atoms with Crippen molar-refractivity contribution in [1.29, 1.82) is 0 Å². The van der Waals surface area contributed by atoms with Crippen LogP contribution in [-0.2, 0) is 0 Å². The SMILES string of the molecule is CC(C)CC(O)(CCN)CC(C)C. The molecule has 0 atom stereocenters. The van der Waals surface area contributed by atoms with Gasteiger partial charge in [-0.05, 0) is 37.6 Å². The van der Waals surface area contributed by atoms with E-state index in [-0.39, 0.29) is 0 Å². The topological polar surface area (TPSA) is 46.2 Å². The molecule has 2 nitrogen and oxygen atoms in total. The quantitative estimate of drug-likeness (QED) is 0.669. The van der Waals surface area contributed by atoms with Gasteiger partial charge >= 0.3 is 0 Å². The summed E-state index contributed by atoms with van der Waals surface area (Å²) >= 11 is 0. The Labute approximate surface area is 82.5 Å². The summed E-state index contributed by atoms with van der Waals surface area (Å²) in [5, 5.41) is 10.3. The predicted octanol–water partition coefficient (Wildman–Crippen LogP) is 2.16. The van der Waals surface area contributed by atoms with E-state index in [2.05, 4.69) is 27.7 Å². The average Bonchev–Trinajstić information content (AvgIpc) is 1.81. The summed E-state index contributed by atoms with van der Waals surface area (Å²) < 4.78 is 0. The standard InChI is InChI=1S/C11H25NO/c1-9(2)7-11(13,5-6-12)8-10(3)4/h9-10,13H,5-8,12H2,1-4H3. The highest BCUT2D eigenvalue weighted by molar-refractivity contribution is 4.81. The molecule has 13 heavy (non-hydrogen) atoms. The molecule has 0 saturated carbocycles. The summed E-state index contributed by atoms with van der Waals surface area (Å²) in [6.07, 6.45) is 2.45. The molecule has 0 aromatic carbocycles. The van der Waals surface area contributed by atoms with E-state index in [1.54, 1.807) is 0 Å². The molecule has 0 spiro atoms. The van der Waals surface area contributed by atoms with Crippen LogP contribution in [0.3, 0.4) is 0 Å². The summed E-state index contributed by atoms with van der Waals surface area (Å²) in [5.74, 6) is 1.07. The molecule has 0 unspecified atom stereocenters. The van der Waals surface area contributed by atoms with Gasteiger partial charge in [0.2, 0.25) is 0 Å². The van der Waals surface area contributed by atoms with E-state index >= 15 is 0 Å². The van der Waals surface area contributed by atoms with Gasteiger partial charge in [0, 0.05) is 0 Å². The molecule has 0 aliphatic heterocycles. The maximum Gasteiger partial charge on any atom is 0.0664 e. The third-order valence-corrected chi connectivity index (χ3v) is 2.19. The molecular formula is C11H25NO. The summed E-state index contributed by atoms with van der Waals surface area (Å²) in [4.78, 5) is 0. The van der Waals surface area contributed by atoms with Crippen LogP contribution in [0.5, 0.6) is 0 Å². The first-order chi connectivity index (χ1) is 5.89. The monoisotopic (exact) mass is 187 g/mol. The van der Waals surface area contributed by atoms with Crippen LogP contribution in [0.25, 0.3) is 0 Å². The van der Waals surface area contributed by atoms with Crippen LogP contribution in [-0.4, -0.2) is 17.3 Å². The van der Waals surface area contributed by atoms with E-state index in [0.29, 0.717) is 18.4 Å². The van der Waals surface area contributed by atoms with Gasteiger partial charge < -0.3 is 10.8 Å². The first-order valence-corrected chi connectivity index (χ1v) is 5.32.